The number of carbonyl (C=O) groups is 1. The van der Waals surface area contributed by atoms with Crippen LogP contribution in [0.5, 0.6) is 5.75 Å². The van der Waals surface area contributed by atoms with Crippen molar-refractivity contribution in [3.63, 3.8) is 0 Å². The lowest BCUT2D eigenvalue weighted by molar-refractivity contribution is -0.113. The minimum Gasteiger partial charge on any atom is -0.495 e. The molecule has 164 valence electrons. The number of para-hydroxylation sites is 2. The summed E-state index contributed by atoms with van der Waals surface area (Å²) in [5, 5.41) is 14.2. The standard InChI is InChI=1S/C23H23N5O2S2/c1-14-9-16(3)17(10-15(14)2)18-11-31-22(25-18)26-21(29)12-32-23-27-24-13-28(23)19-7-5-6-8-20(19)30-4/h5-11,13H,12H2,1-4H3,(H,25,26,29). The van der Waals surface area contributed by atoms with Crippen LogP contribution in [0.2, 0.25) is 0 Å². The number of aryl methyl sites for hydroxylation is 3. The number of benzene rings is 2. The zero-order valence-corrected chi connectivity index (χ0v) is 19.9. The maximum atomic E-state index is 12.5. The highest BCUT2D eigenvalue weighted by Crippen LogP contribution is 2.30. The van der Waals surface area contributed by atoms with E-state index in [1.807, 2.05) is 29.6 Å². The Balaban J connectivity index is 1.42. The molecule has 0 unspecified atom stereocenters. The molecule has 0 fully saturated rings. The van der Waals surface area contributed by atoms with E-state index in [0.29, 0.717) is 16.0 Å². The highest BCUT2D eigenvalue weighted by molar-refractivity contribution is 7.99. The number of rotatable bonds is 7. The molecule has 0 aliphatic carbocycles. The van der Waals surface area contributed by atoms with Crippen molar-refractivity contribution in [2.45, 2.75) is 25.9 Å². The van der Waals surface area contributed by atoms with Gasteiger partial charge in [0.2, 0.25) is 5.91 Å². The number of hydrogen-bond donors (Lipinski definition) is 1. The summed E-state index contributed by atoms with van der Waals surface area (Å²) in [6.45, 7) is 6.27. The Labute approximate surface area is 194 Å². The lowest BCUT2D eigenvalue weighted by Gasteiger charge is -2.10. The van der Waals surface area contributed by atoms with E-state index in [0.717, 1.165) is 16.9 Å². The van der Waals surface area contributed by atoms with Crippen LogP contribution in [0, 0.1) is 20.8 Å². The largest absolute Gasteiger partial charge is 0.495 e. The lowest BCUT2D eigenvalue weighted by atomic mass is 9.99. The Morgan fingerprint density at radius 1 is 1.16 bits per heavy atom. The van der Waals surface area contributed by atoms with Crippen LogP contribution in [-0.4, -0.2) is 38.5 Å². The van der Waals surface area contributed by atoms with Crippen molar-refractivity contribution in [1.82, 2.24) is 19.7 Å². The van der Waals surface area contributed by atoms with Crippen molar-refractivity contribution in [3.8, 4) is 22.7 Å². The van der Waals surface area contributed by atoms with Gasteiger partial charge in [-0.15, -0.1) is 21.5 Å². The van der Waals surface area contributed by atoms with Gasteiger partial charge in [-0.3, -0.25) is 9.36 Å². The number of ether oxygens (including phenoxy) is 1. The molecule has 0 saturated carbocycles. The minimum absolute atomic E-state index is 0.151. The molecule has 32 heavy (non-hydrogen) atoms. The van der Waals surface area contributed by atoms with Gasteiger partial charge in [-0.25, -0.2) is 4.98 Å². The third-order valence-electron chi connectivity index (χ3n) is 5.06. The summed E-state index contributed by atoms with van der Waals surface area (Å²) in [7, 11) is 1.62. The quantitative estimate of drug-likeness (QED) is 0.385. The van der Waals surface area contributed by atoms with E-state index in [4.69, 9.17) is 4.74 Å². The van der Waals surface area contributed by atoms with Crippen molar-refractivity contribution in [1.29, 1.82) is 0 Å². The predicted molar refractivity (Wildman–Crippen MR) is 129 cm³/mol. The fourth-order valence-electron chi connectivity index (χ4n) is 3.29. The molecule has 0 aliphatic rings. The van der Waals surface area contributed by atoms with Gasteiger partial charge >= 0.3 is 0 Å². The molecule has 0 atom stereocenters. The van der Waals surface area contributed by atoms with Crippen LogP contribution in [0.3, 0.4) is 0 Å². The Bertz CT molecular complexity index is 1270. The van der Waals surface area contributed by atoms with Gasteiger partial charge in [0, 0.05) is 10.9 Å². The van der Waals surface area contributed by atoms with Gasteiger partial charge in [-0.1, -0.05) is 30.0 Å². The molecule has 4 rings (SSSR count). The number of carbonyl (C=O) groups excluding carboxylic acids is 1. The number of anilines is 1. The van der Waals surface area contributed by atoms with E-state index in [1.165, 1.54) is 39.8 Å². The summed E-state index contributed by atoms with van der Waals surface area (Å²) < 4.78 is 7.22. The highest BCUT2D eigenvalue weighted by Gasteiger charge is 2.15. The third kappa shape index (κ3) is 4.68. The summed E-state index contributed by atoms with van der Waals surface area (Å²) in [5.41, 5.74) is 6.42. The molecule has 9 heteroatoms. The van der Waals surface area contributed by atoms with E-state index in [-0.39, 0.29) is 11.7 Å². The minimum atomic E-state index is -0.151. The zero-order chi connectivity index (χ0) is 22.7. The highest BCUT2D eigenvalue weighted by atomic mass is 32.2. The summed E-state index contributed by atoms with van der Waals surface area (Å²) in [6, 6.07) is 11.9. The molecular weight excluding hydrogens is 442 g/mol. The molecule has 0 aliphatic heterocycles. The molecule has 4 aromatic rings. The second-order valence-corrected chi connectivity index (χ2v) is 9.08. The Hall–Kier alpha value is -3.17. The molecule has 2 aromatic heterocycles. The molecule has 1 N–H and O–H groups in total. The fourth-order valence-corrected chi connectivity index (χ4v) is 4.74. The number of aromatic nitrogens is 4. The van der Waals surface area contributed by atoms with Gasteiger partial charge in [-0.2, -0.15) is 0 Å². The topological polar surface area (TPSA) is 81.9 Å². The summed E-state index contributed by atoms with van der Waals surface area (Å²) in [5.74, 6) is 0.739. The van der Waals surface area contributed by atoms with Gasteiger partial charge in [0.15, 0.2) is 10.3 Å². The van der Waals surface area contributed by atoms with Crippen molar-refractivity contribution in [2.24, 2.45) is 0 Å². The predicted octanol–water partition coefficient (Wildman–Crippen LogP) is 5.06. The SMILES string of the molecule is COc1ccccc1-n1cnnc1SCC(=O)Nc1nc(-c2cc(C)c(C)cc2C)cs1. The van der Waals surface area contributed by atoms with Crippen LogP contribution in [-0.2, 0) is 4.79 Å². The molecule has 7 nitrogen and oxygen atoms in total. The molecule has 0 saturated heterocycles. The fraction of sp³-hybridized carbons (Fsp3) is 0.217. The first-order valence-corrected chi connectivity index (χ1v) is 11.8. The smallest absolute Gasteiger partial charge is 0.236 e. The van der Waals surface area contributed by atoms with Gasteiger partial charge < -0.3 is 10.1 Å². The second-order valence-electron chi connectivity index (χ2n) is 7.28. The number of thiazole rings is 1. The number of nitrogens with zero attached hydrogens (tertiary/aromatic N) is 4. The average molecular weight is 466 g/mol. The number of amides is 1. The van der Waals surface area contributed by atoms with Crippen molar-refractivity contribution < 1.29 is 9.53 Å². The monoisotopic (exact) mass is 465 g/mol. The summed E-state index contributed by atoms with van der Waals surface area (Å²) >= 11 is 2.72. The molecule has 0 spiro atoms. The van der Waals surface area contributed by atoms with Gasteiger partial charge in [0.1, 0.15) is 12.1 Å². The molecule has 1 amide bonds. The van der Waals surface area contributed by atoms with Crippen LogP contribution in [0.25, 0.3) is 16.9 Å². The summed E-state index contributed by atoms with van der Waals surface area (Å²) in [6.07, 6.45) is 1.61. The summed E-state index contributed by atoms with van der Waals surface area (Å²) in [4.78, 5) is 17.2. The van der Waals surface area contributed by atoms with E-state index in [2.05, 4.69) is 53.4 Å². The van der Waals surface area contributed by atoms with Crippen LogP contribution >= 0.6 is 23.1 Å². The molecular formula is C23H23N5O2S2. The normalized spacial score (nSPS) is 10.9. The zero-order valence-electron chi connectivity index (χ0n) is 18.2. The Morgan fingerprint density at radius 2 is 1.94 bits per heavy atom. The van der Waals surface area contributed by atoms with E-state index in [1.54, 1.807) is 18.0 Å². The molecule has 0 bridgehead atoms. The first kappa shape index (κ1) is 22.0. The van der Waals surface area contributed by atoms with Crippen LogP contribution in [0.4, 0.5) is 5.13 Å². The van der Waals surface area contributed by atoms with Crippen LogP contribution in [0.1, 0.15) is 16.7 Å². The van der Waals surface area contributed by atoms with Gasteiger partial charge in [0.05, 0.1) is 24.2 Å². The lowest BCUT2D eigenvalue weighted by Crippen LogP contribution is -2.14. The first-order chi connectivity index (χ1) is 15.5. The molecule has 2 heterocycles. The Kier molecular flexibility index (Phi) is 6.57. The maximum Gasteiger partial charge on any atom is 0.236 e. The van der Waals surface area contributed by atoms with Gasteiger partial charge in [0.25, 0.3) is 0 Å². The van der Waals surface area contributed by atoms with Crippen LogP contribution in [0.15, 0.2) is 53.3 Å². The average Bonchev–Trinajstić information content (AvgIpc) is 3.44. The second kappa shape index (κ2) is 9.54. The number of nitrogens with one attached hydrogen (secondary N) is 1. The molecule has 2 aromatic carbocycles. The number of hydrogen-bond acceptors (Lipinski definition) is 7. The third-order valence-corrected chi connectivity index (χ3v) is 6.76. The maximum absolute atomic E-state index is 12.5. The van der Waals surface area contributed by atoms with E-state index >= 15 is 0 Å². The van der Waals surface area contributed by atoms with Gasteiger partial charge in [-0.05, 0) is 55.7 Å². The number of thioether (sulfide) groups is 1. The van der Waals surface area contributed by atoms with Crippen LogP contribution < -0.4 is 10.1 Å². The first-order valence-electron chi connectivity index (χ1n) is 9.96. The Morgan fingerprint density at radius 3 is 2.75 bits per heavy atom. The molecule has 0 radical (unpaired) electrons. The number of methoxy groups -OCH3 is 1. The van der Waals surface area contributed by atoms with Crippen molar-refractivity contribution in [3.05, 3.63) is 64.8 Å². The van der Waals surface area contributed by atoms with Crippen molar-refractivity contribution >= 4 is 34.1 Å². The van der Waals surface area contributed by atoms with E-state index < -0.39 is 0 Å². The van der Waals surface area contributed by atoms with E-state index in [9.17, 15) is 4.79 Å². The van der Waals surface area contributed by atoms with Crippen molar-refractivity contribution in [2.75, 3.05) is 18.2 Å².